The van der Waals surface area contributed by atoms with Gasteiger partial charge >= 0.3 is 0 Å². The maximum absolute atomic E-state index is 12.9. The number of carbonyl (C=O) groups excluding carboxylic acids is 3. The molecular weight excluding hydrogens is 358 g/mol. The van der Waals surface area contributed by atoms with Crippen LogP contribution in [0.15, 0.2) is 42.6 Å². The second-order valence-electron chi connectivity index (χ2n) is 6.14. The van der Waals surface area contributed by atoms with Gasteiger partial charge in [0.05, 0.1) is 5.69 Å². The minimum absolute atomic E-state index is 0.271. The molecule has 0 aliphatic heterocycles. The number of rotatable bonds is 5. The molecule has 3 N–H and O–H groups in total. The quantitative estimate of drug-likeness (QED) is 0.629. The lowest BCUT2D eigenvalue weighted by Crippen LogP contribution is -2.22. The molecule has 144 valence electrons. The first kappa shape index (κ1) is 19.1. The zero-order valence-corrected chi connectivity index (χ0v) is 15.9. The lowest BCUT2D eigenvalue weighted by molar-refractivity contribution is 0.0960. The number of nitrogens with zero attached hydrogens (tertiary/aromatic N) is 2. The third-order valence-electron chi connectivity index (χ3n) is 4.31. The molecule has 0 bridgehead atoms. The second kappa shape index (κ2) is 7.91. The van der Waals surface area contributed by atoms with E-state index in [4.69, 9.17) is 0 Å². The Balaban J connectivity index is 1.99. The zero-order valence-electron chi connectivity index (χ0n) is 15.9. The van der Waals surface area contributed by atoms with Gasteiger partial charge in [0, 0.05) is 37.1 Å². The van der Waals surface area contributed by atoms with E-state index in [0.29, 0.717) is 17.0 Å². The fraction of sp³-hybridized carbons (Fsp3) is 0.200. The SMILES string of the molecule is CCc1cn2c(C(=O)Nc3cc(C(=O)NC)cc(C(=O)NC)c3)cccc2n1. The van der Waals surface area contributed by atoms with Crippen LogP contribution in [-0.4, -0.2) is 41.2 Å². The molecule has 0 unspecified atom stereocenters. The van der Waals surface area contributed by atoms with Crippen LogP contribution in [0.4, 0.5) is 5.69 Å². The van der Waals surface area contributed by atoms with Crippen molar-refractivity contribution in [1.29, 1.82) is 0 Å². The van der Waals surface area contributed by atoms with Crippen LogP contribution in [0.2, 0.25) is 0 Å². The highest BCUT2D eigenvalue weighted by Gasteiger charge is 2.15. The Morgan fingerprint density at radius 2 is 1.61 bits per heavy atom. The van der Waals surface area contributed by atoms with Crippen LogP contribution < -0.4 is 16.0 Å². The molecule has 0 spiro atoms. The fourth-order valence-corrected chi connectivity index (χ4v) is 2.86. The molecule has 8 heteroatoms. The molecule has 0 aliphatic carbocycles. The minimum Gasteiger partial charge on any atom is -0.355 e. The number of hydrogen-bond donors (Lipinski definition) is 3. The zero-order chi connectivity index (χ0) is 20.3. The van der Waals surface area contributed by atoms with Crippen LogP contribution in [-0.2, 0) is 6.42 Å². The number of hydrogen-bond acceptors (Lipinski definition) is 4. The minimum atomic E-state index is -0.373. The molecule has 8 nitrogen and oxygen atoms in total. The van der Waals surface area contributed by atoms with Crippen LogP contribution in [0.3, 0.4) is 0 Å². The number of nitrogens with one attached hydrogen (secondary N) is 3. The van der Waals surface area contributed by atoms with E-state index in [9.17, 15) is 14.4 Å². The van der Waals surface area contributed by atoms with Gasteiger partial charge in [-0.3, -0.25) is 18.8 Å². The third-order valence-corrected chi connectivity index (χ3v) is 4.31. The summed E-state index contributed by atoms with van der Waals surface area (Å²) in [6.07, 6.45) is 2.58. The molecule has 0 saturated heterocycles. The topological polar surface area (TPSA) is 105 Å². The standard InChI is InChI=1S/C20H21N5O3/c1-4-14-11-25-16(6-5-7-17(25)23-14)20(28)24-15-9-12(18(26)21-2)8-13(10-15)19(27)22-3/h5-11H,4H2,1-3H3,(H,21,26)(H,22,27)(H,24,28). The van der Waals surface area contributed by atoms with E-state index >= 15 is 0 Å². The largest absolute Gasteiger partial charge is 0.355 e. The van der Waals surface area contributed by atoms with E-state index in [1.54, 1.807) is 16.5 Å². The predicted molar refractivity (Wildman–Crippen MR) is 106 cm³/mol. The van der Waals surface area contributed by atoms with Gasteiger partial charge in [-0.1, -0.05) is 13.0 Å². The van der Waals surface area contributed by atoms with Gasteiger partial charge in [0.25, 0.3) is 17.7 Å². The molecule has 0 aliphatic rings. The number of fused-ring (bicyclic) bond motifs is 1. The van der Waals surface area contributed by atoms with Crippen LogP contribution in [0.1, 0.15) is 43.8 Å². The average Bonchev–Trinajstić information content (AvgIpc) is 3.15. The smallest absolute Gasteiger partial charge is 0.272 e. The summed E-state index contributed by atoms with van der Waals surface area (Å²) in [5.41, 5.74) is 2.84. The van der Waals surface area contributed by atoms with E-state index in [0.717, 1.165) is 12.1 Å². The van der Waals surface area contributed by atoms with Crippen LogP contribution in [0.25, 0.3) is 5.65 Å². The lowest BCUT2D eigenvalue weighted by Gasteiger charge is -2.11. The van der Waals surface area contributed by atoms with Crippen molar-refractivity contribution in [2.24, 2.45) is 0 Å². The van der Waals surface area contributed by atoms with Gasteiger partial charge in [-0.25, -0.2) is 4.98 Å². The number of pyridine rings is 1. The molecule has 3 amide bonds. The summed E-state index contributed by atoms with van der Waals surface area (Å²) >= 11 is 0. The molecule has 2 aromatic heterocycles. The fourth-order valence-electron chi connectivity index (χ4n) is 2.86. The summed E-state index contributed by atoms with van der Waals surface area (Å²) in [5, 5.41) is 7.80. The number of anilines is 1. The van der Waals surface area contributed by atoms with Crippen molar-refractivity contribution in [3.63, 3.8) is 0 Å². The van der Waals surface area contributed by atoms with E-state index in [1.165, 1.54) is 32.3 Å². The average molecular weight is 379 g/mol. The summed E-state index contributed by atoms with van der Waals surface area (Å²) in [4.78, 5) is 41.4. The Bertz CT molecular complexity index is 1040. The van der Waals surface area contributed by atoms with Crippen molar-refractivity contribution >= 4 is 29.1 Å². The first-order chi connectivity index (χ1) is 13.5. The van der Waals surface area contributed by atoms with Gasteiger partial charge in [0.15, 0.2) is 0 Å². The van der Waals surface area contributed by atoms with Crippen LogP contribution >= 0.6 is 0 Å². The number of amides is 3. The number of aryl methyl sites for hydroxylation is 1. The van der Waals surface area contributed by atoms with E-state index < -0.39 is 0 Å². The molecule has 0 radical (unpaired) electrons. The number of aromatic nitrogens is 2. The summed E-state index contributed by atoms with van der Waals surface area (Å²) < 4.78 is 1.72. The normalized spacial score (nSPS) is 10.5. The van der Waals surface area contributed by atoms with E-state index in [1.807, 2.05) is 19.2 Å². The van der Waals surface area contributed by atoms with Gasteiger partial charge in [0.1, 0.15) is 11.3 Å². The van der Waals surface area contributed by atoms with Crippen molar-refractivity contribution < 1.29 is 14.4 Å². The molecule has 28 heavy (non-hydrogen) atoms. The molecule has 0 saturated carbocycles. The van der Waals surface area contributed by atoms with Gasteiger partial charge < -0.3 is 16.0 Å². The highest BCUT2D eigenvalue weighted by molar-refractivity contribution is 6.06. The molecule has 1 aromatic carbocycles. The number of carbonyl (C=O) groups is 3. The molecule has 3 rings (SSSR count). The van der Waals surface area contributed by atoms with Crippen LogP contribution in [0, 0.1) is 0 Å². The summed E-state index contributed by atoms with van der Waals surface area (Å²) in [6, 6.07) is 9.78. The van der Waals surface area contributed by atoms with Gasteiger partial charge in [-0.15, -0.1) is 0 Å². The predicted octanol–water partition coefficient (Wildman–Crippen LogP) is 1.87. The Labute approximate surface area is 162 Å². The van der Waals surface area contributed by atoms with Crippen molar-refractivity contribution in [3.8, 4) is 0 Å². The Kier molecular flexibility index (Phi) is 5.39. The maximum Gasteiger partial charge on any atom is 0.272 e. The summed E-state index contributed by atoms with van der Waals surface area (Å²) in [6.45, 7) is 1.99. The maximum atomic E-state index is 12.9. The molecule has 3 aromatic rings. The van der Waals surface area contributed by atoms with Gasteiger partial charge in [0.2, 0.25) is 0 Å². The first-order valence-corrected chi connectivity index (χ1v) is 8.84. The van der Waals surface area contributed by atoms with Crippen molar-refractivity contribution in [2.75, 3.05) is 19.4 Å². The second-order valence-corrected chi connectivity index (χ2v) is 6.14. The Morgan fingerprint density at radius 3 is 2.18 bits per heavy atom. The number of benzene rings is 1. The Hall–Kier alpha value is -3.68. The summed E-state index contributed by atoms with van der Waals surface area (Å²) in [7, 11) is 3.00. The molecular formula is C20H21N5O3. The third kappa shape index (κ3) is 3.71. The molecule has 0 atom stereocenters. The van der Waals surface area contributed by atoms with Crippen LogP contribution in [0.5, 0.6) is 0 Å². The lowest BCUT2D eigenvalue weighted by atomic mass is 10.1. The van der Waals surface area contributed by atoms with Crippen molar-refractivity contribution in [2.45, 2.75) is 13.3 Å². The highest BCUT2D eigenvalue weighted by Crippen LogP contribution is 2.18. The summed E-state index contributed by atoms with van der Waals surface area (Å²) in [5.74, 6) is -1.08. The Morgan fingerprint density at radius 1 is 0.964 bits per heavy atom. The first-order valence-electron chi connectivity index (χ1n) is 8.84. The van der Waals surface area contributed by atoms with E-state index in [-0.39, 0.29) is 28.8 Å². The van der Waals surface area contributed by atoms with Crippen molar-refractivity contribution in [3.05, 3.63) is 65.1 Å². The molecule has 2 heterocycles. The highest BCUT2D eigenvalue weighted by atomic mass is 16.2. The van der Waals surface area contributed by atoms with Crippen molar-refractivity contribution in [1.82, 2.24) is 20.0 Å². The number of imidazole rings is 1. The monoisotopic (exact) mass is 379 g/mol. The van der Waals surface area contributed by atoms with E-state index in [2.05, 4.69) is 20.9 Å². The van der Waals surface area contributed by atoms with Gasteiger partial charge in [-0.2, -0.15) is 0 Å². The molecule has 0 fully saturated rings. The van der Waals surface area contributed by atoms with Gasteiger partial charge in [-0.05, 0) is 36.8 Å².